The van der Waals surface area contributed by atoms with Crippen LogP contribution in [0, 0.1) is 0 Å². The number of methoxy groups -OCH3 is 1. The van der Waals surface area contributed by atoms with Gasteiger partial charge in [-0.05, 0) is 50.4 Å². The van der Waals surface area contributed by atoms with Crippen LogP contribution < -0.4 is 11.1 Å². The molecule has 0 spiro atoms. The average molecular weight is 400 g/mol. The van der Waals surface area contributed by atoms with E-state index in [0.717, 1.165) is 0 Å². The van der Waals surface area contributed by atoms with Gasteiger partial charge >= 0.3 is 0 Å². The predicted molar refractivity (Wildman–Crippen MR) is 80.0 cm³/mol. The second kappa shape index (κ2) is 7.45. The summed E-state index contributed by atoms with van der Waals surface area (Å²) < 4.78 is 6.26. The van der Waals surface area contributed by atoms with Crippen LogP contribution in [0.2, 0.25) is 5.02 Å². The lowest BCUT2D eigenvalue weighted by atomic mass is 10.2. The number of benzene rings is 1. The van der Waals surface area contributed by atoms with Crippen LogP contribution in [-0.2, 0) is 9.53 Å². The second-order valence-electron chi connectivity index (χ2n) is 3.62. The number of nitrogens with one attached hydrogen (secondary N) is 1. The van der Waals surface area contributed by atoms with Gasteiger partial charge in [0.2, 0.25) is 5.91 Å². The van der Waals surface area contributed by atoms with Gasteiger partial charge in [-0.3, -0.25) is 4.79 Å². The molecule has 0 fully saturated rings. The van der Waals surface area contributed by atoms with Crippen molar-refractivity contribution in [3.63, 3.8) is 0 Å². The maximum absolute atomic E-state index is 11.8. The molecule has 0 heterocycles. The minimum atomic E-state index is -0.612. The molecule has 1 aromatic rings. The van der Waals surface area contributed by atoms with Crippen molar-refractivity contribution in [2.24, 2.45) is 5.73 Å². The number of carbonyl (C=O) groups is 1. The van der Waals surface area contributed by atoms with Crippen molar-refractivity contribution in [1.29, 1.82) is 0 Å². The molecule has 0 aromatic heterocycles. The lowest BCUT2D eigenvalue weighted by Crippen LogP contribution is -2.36. The number of hydrogen-bond donors (Lipinski definition) is 2. The van der Waals surface area contributed by atoms with E-state index in [1.54, 1.807) is 19.2 Å². The SMILES string of the molecule is COCCC(N)C(=O)Nc1c(Br)cc(Cl)cc1Br. The standard InChI is InChI=1S/C11H13Br2ClN2O2/c1-18-3-2-9(15)11(17)16-10-7(12)4-6(14)5-8(10)13/h4-5,9H,2-3,15H2,1H3,(H,16,17). The first-order valence-electron chi connectivity index (χ1n) is 5.15. The van der Waals surface area contributed by atoms with Gasteiger partial charge in [-0.2, -0.15) is 0 Å². The van der Waals surface area contributed by atoms with Gasteiger partial charge in [0.05, 0.1) is 11.7 Å². The molecule has 1 amide bonds. The third kappa shape index (κ3) is 4.51. The molecule has 0 saturated carbocycles. The van der Waals surface area contributed by atoms with Crippen LogP contribution >= 0.6 is 43.5 Å². The zero-order valence-corrected chi connectivity index (χ0v) is 13.6. The molecule has 0 aliphatic heterocycles. The molecule has 1 rings (SSSR count). The van der Waals surface area contributed by atoms with Crippen molar-refractivity contribution in [1.82, 2.24) is 0 Å². The maximum Gasteiger partial charge on any atom is 0.241 e. The molecule has 4 nitrogen and oxygen atoms in total. The minimum Gasteiger partial charge on any atom is -0.385 e. The molecular formula is C11H13Br2ClN2O2. The fourth-order valence-electron chi connectivity index (χ4n) is 1.25. The summed E-state index contributed by atoms with van der Waals surface area (Å²) in [6, 6.07) is 2.78. The monoisotopic (exact) mass is 398 g/mol. The van der Waals surface area contributed by atoms with Crippen LogP contribution in [0.15, 0.2) is 21.1 Å². The van der Waals surface area contributed by atoms with Crippen LogP contribution in [-0.4, -0.2) is 25.7 Å². The Morgan fingerprint density at radius 3 is 2.56 bits per heavy atom. The molecule has 1 aromatic carbocycles. The highest BCUT2D eigenvalue weighted by Gasteiger charge is 2.16. The summed E-state index contributed by atoms with van der Waals surface area (Å²) in [6.07, 6.45) is 0.463. The molecule has 3 N–H and O–H groups in total. The Morgan fingerprint density at radius 1 is 1.50 bits per heavy atom. The smallest absolute Gasteiger partial charge is 0.241 e. The zero-order valence-electron chi connectivity index (χ0n) is 9.67. The largest absolute Gasteiger partial charge is 0.385 e. The molecule has 0 aliphatic rings. The van der Waals surface area contributed by atoms with E-state index in [9.17, 15) is 4.79 Å². The summed E-state index contributed by atoms with van der Waals surface area (Å²) in [5, 5.41) is 3.31. The number of ether oxygens (including phenoxy) is 1. The fraction of sp³-hybridized carbons (Fsp3) is 0.364. The van der Waals surface area contributed by atoms with Gasteiger partial charge in [0, 0.05) is 27.7 Å². The highest BCUT2D eigenvalue weighted by Crippen LogP contribution is 2.34. The van der Waals surface area contributed by atoms with Gasteiger partial charge in [-0.25, -0.2) is 0 Å². The number of amides is 1. The third-order valence-corrected chi connectivity index (χ3v) is 3.69. The summed E-state index contributed by atoms with van der Waals surface area (Å²) in [5.41, 5.74) is 6.34. The topological polar surface area (TPSA) is 64.3 Å². The summed E-state index contributed by atoms with van der Waals surface area (Å²) in [4.78, 5) is 11.8. The lowest BCUT2D eigenvalue weighted by molar-refractivity contribution is -0.117. The van der Waals surface area contributed by atoms with Gasteiger partial charge in [0.1, 0.15) is 0 Å². The molecule has 0 saturated heterocycles. The van der Waals surface area contributed by atoms with Crippen molar-refractivity contribution in [2.75, 3.05) is 19.0 Å². The van der Waals surface area contributed by atoms with Gasteiger partial charge in [-0.1, -0.05) is 11.6 Å². The van der Waals surface area contributed by atoms with Gasteiger partial charge in [-0.15, -0.1) is 0 Å². The van der Waals surface area contributed by atoms with Crippen LogP contribution in [0.25, 0.3) is 0 Å². The van der Waals surface area contributed by atoms with Crippen molar-refractivity contribution < 1.29 is 9.53 Å². The van der Waals surface area contributed by atoms with Gasteiger partial charge < -0.3 is 15.8 Å². The number of halogens is 3. The van der Waals surface area contributed by atoms with Gasteiger partial charge in [0.25, 0.3) is 0 Å². The van der Waals surface area contributed by atoms with E-state index in [0.29, 0.717) is 32.7 Å². The Balaban J connectivity index is 2.76. The summed E-state index contributed by atoms with van der Waals surface area (Å²) in [5.74, 6) is -0.268. The first-order valence-corrected chi connectivity index (χ1v) is 7.12. The van der Waals surface area contributed by atoms with Crippen molar-refractivity contribution in [3.05, 3.63) is 26.1 Å². The van der Waals surface area contributed by atoms with E-state index in [4.69, 9.17) is 22.1 Å². The molecular weight excluding hydrogens is 387 g/mol. The Hall–Kier alpha value is -0.140. The Morgan fingerprint density at radius 2 is 2.06 bits per heavy atom. The lowest BCUT2D eigenvalue weighted by Gasteiger charge is -2.14. The molecule has 100 valence electrons. The Kier molecular flexibility index (Phi) is 6.59. The van der Waals surface area contributed by atoms with E-state index in [1.165, 1.54) is 0 Å². The Bertz CT molecular complexity index is 420. The van der Waals surface area contributed by atoms with E-state index >= 15 is 0 Å². The summed E-state index contributed by atoms with van der Waals surface area (Å²) in [6.45, 7) is 0.442. The third-order valence-electron chi connectivity index (χ3n) is 2.22. The number of anilines is 1. The zero-order chi connectivity index (χ0) is 13.7. The van der Waals surface area contributed by atoms with Gasteiger partial charge in [0.15, 0.2) is 0 Å². The summed E-state index contributed by atoms with van der Waals surface area (Å²) in [7, 11) is 1.57. The molecule has 0 bridgehead atoms. The number of nitrogens with two attached hydrogens (primary N) is 1. The first kappa shape index (κ1) is 15.9. The Labute approximate surface area is 127 Å². The number of carbonyl (C=O) groups excluding carboxylic acids is 1. The molecule has 1 unspecified atom stereocenters. The average Bonchev–Trinajstić information content (AvgIpc) is 2.30. The first-order chi connectivity index (χ1) is 8.45. The minimum absolute atomic E-state index is 0.268. The quantitative estimate of drug-likeness (QED) is 0.798. The van der Waals surface area contributed by atoms with E-state index in [2.05, 4.69) is 37.2 Å². The highest BCUT2D eigenvalue weighted by atomic mass is 79.9. The molecule has 7 heteroatoms. The predicted octanol–water partition coefficient (Wildman–Crippen LogP) is 3.17. The van der Waals surface area contributed by atoms with Crippen molar-refractivity contribution in [2.45, 2.75) is 12.5 Å². The number of hydrogen-bond acceptors (Lipinski definition) is 3. The highest BCUT2D eigenvalue weighted by molar-refractivity contribution is 9.11. The fourth-order valence-corrected chi connectivity index (χ4v) is 3.12. The van der Waals surface area contributed by atoms with Crippen LogP contribution in [0.3, 0.4) is 0 Å². The van der Waals surface area contributed by atoms with Crippen molar-refractivity contribution in [3.8, 4) is 0 Å². The number of rotatable bonds is 5. The van der Waals surface area contributed by atoms with Crippen molar-refractivity contribution >= 4 is 55.1 Å². The normalized spacial score (nSPS) is 12.3. The molecule has 1 atom stereocenters. The molecule has 18 heavy (non-hydrogen) atoms. The molecule has 0 aliphatic carbocycles. The van der Waals surface area contributed by atoms with Crippen LogP contribution in [0.5, 0.6) is 0 Å². The van der Waals surface area contributed by atoms with E-state index in [1.807, 2.05) is 0 Å². The van der Waals surface area contributed by atoms with E-state index in [-0.39, 0.29) is 5.91 Å². The molecule has 0 radical (unpaired) electrons. The second-order valence-corrected chi connectivity index (χ2v) is 5.77. The van der Waals surface area contributed by atoms with Crippen LogP contribution in [0.1, 0.15) is 6.42 Å². The maximum atomic E-state index is 11.8. The van der Waals surface area contributed by atoms with E-state index < -0.39 is 6.04 Å². The summed E-state index contributed by atoms with van der Waals surface area (Å²) >= 11 is 12.5. The van der Waals surface area contributed by atoms with Crippen LogP contribution in [0.4, 0.5) is 5.69 Å².